The summed E-state index contributed by atoms with van der Waals surface area (Å²) in [7, 11) is 0. The number of hydrogen-bond donors (Lipinski definition) is 1. The van der Waals surface area contributed by atoms with Gasteiger partial charge in [-0.05, 0) is 32.0 Å². The lowest BCUT2D eigenvalue weighted by molar-refractivity contribution is 0.587. The van der Waals surface area contributed by atoms with Gasteiger partial charge in [0.05, 0.1) is 22.8 Å². The third-order valence-electron chi connectivity index (χ3n) is 3.74. The molecule has 106 valence electrons. The lowest BCUT2D eigenvalue weighted by Gasteiger charge is -2.29. The third kappa shape index (κ3) is 2.29. The Kier molecular flexibility index (Phi) is 3.44. The quantitative estimate of drug-likeness (QED) is 0.909. The van der Waals surface area contributed by atoms with Crippen LogP contribution in [0, 0.1) is 19.7 Å². The second kappa shape index (κ2) is 5.25. The van der Waals surface area contributed by atoms with Gasteiger partial charge < -0.3 is 10.2 Å². The normalized spacial score (nSPS) is 15.7. The highest BCUT2D eigenvalue weighted by Crippen LogP contribution is 2.27. The van der Waals surface area contributed by atoms with Crippen LogP contribution >= 0.6 is 0 Å². The van der Waals surface area contributed by atoms with Gasteiger partial charge in [0.2, 0.25) is 0 Å². The van der Waals surface area contributed by atoms with Gasteiger partial charge in [0.15, 0.2) is 0 Å². The fourth-order valence-corrected chi connectivity index (χ4v) is 2.84. The molecule has 0 saturated carbocycles. The Balaban J connectivity index is 2.02. The average Bonchev–Trinajstić information content (AvgIpc) is 2.75. The van der Waals surface area contributed by atoms with Gasteiger partial charge >= 0.3 is 0 Å². The second-order valence-electron chi connectivity index (χ2n) is 5.15. The number of hydrogen-bond acceptors (Lipinski definition) is 3. The zero-order chi connectivity index (χ0) is 14.1. The number of halogens is 1. The molecule has 0 bridgehead atoms. The molecule has 1 aromatic carbocycles. The molecule has 4 nitrogen and oxygen atoms in total. The van der Waals surface area contributed by atoms with E-state index in [0.29, 0.717) is 0 Å². The van der Waals surface area contributed by atoms with Gasteiger partial charge in [-0.3, -0.25) is 0 Å². The highest BCUT2D eigenvalue weighted by atomic mass is 19.1. The number of benzene rings is 1. The number of nitrogens with one attached hydrogen (secondary N) is 1. The Morgan fingerprint density at radius 2 is 1.95 bits per heavy atom. The van der Waals surface area contributed by atoms with E-state index < -0.39 is 0 Å². The number of piperazine rings is 1. The van der Waals surface area contributed by atoms with Gasteiger partial charge in [0.25, 0.3) is 0 Å². The second-order valence-corrected chi connectivity index (χ2v) is 5.15. The Morgan fingerprint density at radius 1 is 1.20 bits per heavy atom. The molecule has 5 heteroatoms. The van der Waals surface area contributed by atoms with Crippen LogP contribution in [0.25, 0.3) is 5.69 Å². The van der Waals surface area contributed by atoms with Crippen LogP contribution in [-0.4, -0.2) is 36.0 Å². The summed E-state index contributed by atoms with van der Waals surface area (Å²) in [5.41, 5.74) is 4.01. The Hall–Kier alpha value is -1.88. The van der Waals surface area contributed by atoms with Gasteiger partial charge in [-0.1, -0.05) is 6.07 Å². The summed E-state index contributed by atoms with van der Waals surface area (Å²) in [4.78, 5) is 2.35. The van der Waals surface area contributed by atoms with Crippen LogP contribution in [0.3, 0.4) is 0 Å². The summed E-state index contributed by atoms with van der Waals surface area (Å²) in [5.74, 6) is -0.237. The fourth-order valence-electron chi connectivity index (χ4n) is 2.84. The predicted octanol–water partition coefficient (Wildman–Crippen LogP) is 2.04. The third-order valence-corrected chi connectivity index (χ3v) is 3.74. The predicted molar refractivity (Wildman–Crippen MR) is 78.1 cm³/mol. The van der Waals surface area contributed by atoms with E-state index in [9.17, 15) is 4.39 Å². The van der Waals surface area contributed by atoms with Crippen molar-refractivity contribution in [2.45, 2.75) is 13.8 Å². The van der Waals surface area contributed by atoms with Gasteiger partial charge in [-0.2, -0.15) is 5.10 Å². The van der Waals surface area contributed by atoms with Gasteiger partial charge in [-0.25, -0.2) is 9.07 Å². The van der Waals surface area contributed by atoms with Crippen molar-refractivity contribution in [3.05, 3.63) is 41.5 Å². The molecule has 1 N–H and O–H groups in total. The largest absolute Gasteiger partial charge is 0.366 e. The van der Waals surface area contributed by atoms with Crippen molar-refractivity contribution in [2.24, 2.45) is 0 Å². The lowest BCUT2D eigenvalue weighted by Crippen LogP contribution is -2.43. The van der Waals surface area contributed by atoms with Crippen molar-refractivity contribution >= 4 is 5.69 Å². The van der Waals surface area contributed by atoms with Crippen molar-refractivity contribution < 1.29 is 4.39 Å². The molecule has 0 spiro atoms. The Morgan fingerprint density at radius 3 is 2.65 bits per heavy atom. The number of aryl methyl sites for hydroxylation is 1. The molecule has 0 aliphatic carbocycles. The maximum atomic E-state index is 13.4. The zero-order valence-corrected chi connectivity index (χ0v) is 11.9. The minimum absolute atomic E-state index is 0.237. The molecule has 2 heterocycles. The van der Waals surface area contributed by atoms with E-state index in [-0.39, 0.29) is 5.82 Å². The van der Waals surface area contributed by atoms with E-state index in [0.717, 1.165) is 43.3 Å². The van der Waals surface area contributed by atoms with E-state index in [1.54, 1.807) is 6.07 Å². The number of anilines is 1. The van der Waals surface area contributed by atoms with Crippen molar-refractivity contribution in [1.29, 1.82) is 0 Å². The van der Waals surface area contributed by atoms with Crippen LogP contribution in [-0.2, 0) is 0 Å². The molecular weight excluding hydrogens is 255 g/mol. The van der Waals surface area contributed by atoms with E-state index in [2.05, 4.69) is 15.3 Å². The molecule has 1 aliphatic heterocycles. The van der Waals surface area contributed by atoms with Crippen molar-refractivity contribution in [3.8, 4) is 5.69 Å². The van der Waals surface area contributed by atoms with Crippen molar-refractivity contribution in [3.63, 3.8) is 0 Å². The van der Waals surface area contributed by atoms with E-state index in [1.165, 1.54) is 17.8 Å². The molecule has 20 heavy (non-hydrogen) atoms. The number of rotatable bonds is 2. The fraction of sp³-hybridized carbons (Fsp3) is 0.400. The van der Waals surface area contributed by atoms with Crippen LogP contribution in [0.4, 0.5) is 10.1 Å². The molecule has 0 unspecified atom stereocenters. The molecule has 3 rings (SSSR count). The molecule has 2 aromatic rings. The Bertz CT molecular complexity index is 614. The summed E-state index contributed by atoms with van der Waals surface area (Å²) in [6.45, 7) is 8.00. The highest BCUT2D eigenvalue weighted by molar-refractivity contribution is 5.57. The smallest absolute Gasteiger partial charge is 0.125 e. The first-order valence-electron chi connectivity index (χ1n) is 6.94. The molecule has 1 saturated heterocycles. The molecular formula is C15H19FN4. The van der Waals surface area contributed by atoms with Crippen LogP contribution in [0.15, 0.2) is 24.3 Å². The first kappa shape index (κ1) is 13.1. The summed E-state index contributed by atoms with van der Waals surface area (Å²) in [6, 6.07) is 6.56. The van der Waals surface area contributed by atoms with Crippen LogP contribution < -0.4 is 10.2 Å². The van der Waals surface area contributed by atoms with Crippen LogP contribution in [0.5, 0.6) is 0 Å². The SMILES string of the molecule is Cc1nn(-c2cccc(F)c2)c(C)c1N1CCNCC1. The summed E-state index contributed by atoms with van der Waals surface area (Å²) < 4.78 is 15.2. The first-order valence-corrected chi connectivity index (χ1v) is 6.94. The molecule has 0 radical (unpaired) electrons. The first-order chi connectivity index (χ1) is 9.66. The summed E-state index contributed by atoms with van der Waals surface area (Å²) in [6.07, 6.45) is 0. The van der Waals surface area contributed by atoms with E-state index in [1.807, 2.05) is 24.6 Å². The standard InChI is InChI=1S/C15H19FN4/c1-11-15(19-8-6-17-7-9-19)12(2)20(18-11)14-5-3-4-13(16)10-14/h3-5,10,17H,6-9H2,1-2H3. The van der Waals surface area contributed by atoms with E-state index >= 15 is 0 Å². The maximum absolute atomic E-state index is 13.4. The van der Waals surface area contributed by atoms with Crippen LogP contribution in [0.2, 0.25) is 0 Å². The summed E-state index contributed by atoms with van der Waals surface area (Å²) in [5, 5.41) is 7.94. The molecule has 1 fully saturated rings. The number of nitrogens with zero attached hydrogens (tertiary/aromatic N) is 3. The van der Waals surface area contributed by atoms with Crippen molar-refractivity contribution in [2.75, 3.05) is 31.1 Å². The van der Waals surface area contributed by atoms with Crippen molar-refractivity contribution in [1.82, 2.24) is 15.1 Å². The minimum atomic E-state index is -0.237. The van der Waals surface area contributed by atoms with E-state index in [4.69, 9.17) is 0 Å². The molecule has 1 aromatic heterocycles. The highest BCUT2D eigenvalue weighted by Gasteiger charge is 2.20. The molecule has 0 atom stereocenters. The zero-order valence-electron chi connectivity index (χ0n) is 11.9. The minimum Gasteiger partial charge on any atom is -0.366 e. The maximum Gasteiger partial charge on any atom is 0.125 e. The van der Waals surface area contributed by atoms with Crippen LogP contribution in [0.1, 0.15) is 11.4 Å². The summed E-state index contributed by atoms with van der Waals surface area (Å²) >= 11 is 0. The average molecular weight is 274 g/mol. The topological polar surface area (TPSA) is 33.1 Å². The molecule has 1 aliphatic rings. The Labute approximate surface area is 118 Å². The van der Waals surface area contributed by atoms with Gasteiger partial charge in [0, 0.05) is 26.2 Å². The monoisotopic (exact) mass is 274 g/mol. The van der Waals surface area contributed by atoms with Gasteiger partial charge in [0.1, 0.15) is 5.82 Å². The lowest BCUT2D eigenvalue weighted by atomic mass is 10.2. The number of aromatic nitrogens is 2. The van der Waals surface area contributed by atoms with Gasteiger partial charge in [-0.15, -0.1) is 0 Å². The molecule has 0 amide bonds.